The number of halogens is 9. The van der Waals surface area contributed by atoms with Crippen LogP contribution in [0.4, 0.5) is 33.3 Å². The van der Waals surface area contributed by atoms with Crippen molar-refractivity contribution >= 4 is 135 Å². The van der Waals surface area contributed by atoms with E-state index in [0.717, 1.165) is 39.1 Å². The Balaban J connectivity index is 0.000000175. The Morgan fingerprint density at radius 2 is 1.12 bits per heavy atom. The number of alkyl halides is 4. The monoisotopic (exact) mass is 1440 g/mol. The maximum absolute atomic E-state index is 14.8. The van der Waals surface area contributed by atoms with Crippen molar-refractivity contribution in [3.63, 3.8) is 0 Å². The van der Waals surface area contributed by atoms with Crippen LogP contribution in [0.5, 0.6) is 5.88 Å². The van der Waals surface area contributed by atoms with Crippen molar-refractivity contribution in [2.75, 3.05) is 45.5 Å². The zero-order valence-electron chi connectivity index (χ0n) is 51.5. The second-order valence-corrected chi connectivity index (χ2v) is 23.9. The molecule has 0 saturated heterocycles. The van der Waals surface area contributed by atoms with E-state index in [0.29, 0.717) is 76.9 Å². The molecule has 36 heteroatoms. The molecule has 0 fully saturated rings. The van der Waals surface area contributed by atoms with E-state index in [-0.39, 0.29) is 53.1 Å². The summed E-state index contributed by atoms with van der Waals surface area (Å²) in [7, 11) is 2.95. The molecule has 1 aliphatic heterocycles. The number of hydrogen-bond acceptors (Lipinski definition) is 25. The highest BCUT2D eigenvalue weighted by atomic mass is 35.5. The lowest BCUT2D eigenvalue weighted by molar-refractivity contribution is 0.145. The zero-order chi connectivity index (χ0) is 70.3. The molecule has 0 spiro atoms. The van der Waals surface area contributed by atoms with Gasteiger partial charge in [-0.05, 0) is 68.0 Å². The van der Waals surface area contributed by atoms with Crippen molar-refractivity contribution in [1.29, 1.82) is 5.26 Å². The fraction of sp³-hybridized carbons (Fsp3) is 0.194. The smallest absolute Gasteiger partial charge is 0.281 e. The summed E-state index contributed by atoms with van der Waals surface area (Å²) in [5.74, 6) is -0.842. The van der Waals surface area contributed by atoms with Crippen LogP contribution in [0.25, 0.3) is 61.2 Å². The normalized spacial score (nSPS) is 13.7. The van der Waals surface area contributed by atoms with Crippen molar-refractivity contribution in [3.05, 3.63) is 201 Å². The number of aryl methyl sites for hydroxylation is 1. The zero-order valence-corrected chi connectivity index (χ0v) is 55.3. The molecular weight excluding hydrogens is 1380 g/mol. The summed E-state index contributed by atoms with van der Waals surface area (Å²) in [4.78, 5) is 70.3. The molecule has 0 amide bonds. The fourth-order valence-corrected chi connectivity index (χ4v) is 10.7. The van der Waals surface area contributed by atoms with Crippen LogP contribution in [0.3, 0.4) is 0 Å². The minimum Gasteiger partial charge on any atom is -0.480 e. The molecule has 0 aliphatic carbocycles. The minimum atomic E-state index is -3.78. The van der Waals surface area contributed by atoms with E-state index >= 15 is 0 Å². The highest BCUT2D eigenvalue weighted by Crippen LogP contribution is 2.35. The Kier molecular flexibility index (Phi) is 25.4. The predicted molar refractivity (Wildman–Crippen MR) is 365 cm³/mol. The summed E-state index contributed by atoms with van der Waals surface area (Å²) in [6.07, 6.45) is 14.6. The van der Waals surface area contributed by atoms with Crippen LogP contribution in [0.1, 0.15) is 72.5 Å². The molecule has 0 unspecified atom stereocenters. The van der Waals surface area contributed by atoms with Crippen LogP contribution in [-0.4, -0.2) is 137 Å². The molecule has 0 bridgehead atoms. The highest BCUT2D eigenvalue weighted by molar-refractivity contribution is 7.89. The molecule has 1 atom stereocenters. The summed E-state index contributed by atoms with van der Waals surface area (Å²) in [5.41, 5.74) is 23.3. The van der Waals surface area contributed by atoms with E-state index in [1.807, 2.05) is 44.3 Å². The molecule has 12 heterocycles. The van der Waals surface area contributed by atoms with E-state index in [2.05, 4.69) is 84.7 Å². The Hall–Kier alpha value is -10.7. The number of sulfonamides is 1. The molecule has 1 aromatic carbocycles. The number of nitrogens with two attached hydrogens (primary N) is 3. The van der Waals surface area contributed by atoms with Gasteiger partial charge in [-0.25, -0.2) is 109 Å². The van der Waals surface area contributed by atoms with E-state index in [1.54, 1.807) is 62.4 Å². The molecule has 0 radical (unpaired) electrons. The first-order valence-corrected chi connectivity index (χ1v) is 30.9. The lowest BCUT2D eigenvalue weighted by Gasteiger charge is -2.34. The van der Waals surface area contributed by atoms with Gasteiger partial charge < -0.3 is 26.8 Å². The lowest BCUT2D eigenvalue weighted by atomic mass is 9.91. The number of methoxy groups -OCH3 is 1. The average molecular weight is 1440 g/mol. The number of nitrogen functional groups attached to an aromatic ring is 2. The average Bonchev–Trinajstić information content (AvgIpc) is 0.756. The first kappa shape index (κ1) is 74.7. The Morgan fingerprint density at radius 1 is 0.653 bits per heavy atom. The third kappa shape index (κ3) is 18.8. The van der Waals surface area contributed by atoms with Gasteiger partial charge in [0.25, 0.3) is 12.9 Å². The van der Waals surface area contributed by atoms with Crippen molar-refractivity contribution in [2.24, 2.45) is 10.7 Å². The van der Waals surface area contributed by atoms with Crippen LogP contribution >= 0.6 is 46.4 Å². The van der Waals surface area contributed by atoms with Crippen molar-refractivity contribution in [2.45, 2.75) is 46.1 Å². The van der Waals surface area contributed by atoms with Gasteiger partial charge in [-0.1, -0.05) is 66.0 Å². The van der Waals surface area contributed by atoms with Crippen molar-refractivity contribution < 1.29 is 35.1 Å². The number of pyridine rings is 6. The number of hydrogen-bond donors (Lipinski definition) is 3. The number of fused-ring (bicyclic) bond motifs is 5. The standard InChI is InChI=1S/C20H19F3N6O2S.C11H11ClN4.C8H4ClF2N3.C8H6ClN3O.C8H6ClN3.C6H6N4.CH4/c1-20(10-32(30,31)29(2)19(24)28-20)12-7-11(3-4-13(12)21)8-15-17-14(5-6-25-15)27-16(9-26-17)18(22)23;1-16(2)6-4-8-7-14-10-9(15-8)3-5-13-11(10)12;9-7-6-4(1-2-12-7)14-5(3-13-6)8(10)11;1-13-6-4-11-7-5(12-6)2-3-10-8(7)9;1-5-4-11-7-6(12-5)2-3-10-8(7)9;7-3-5-6(9)4(8)1-2-10-5;/h3-7,9,18H,8,10H2,1-2H3,(H2,24,28);3-7H,1-2H3;1-3,8H;2-4H,1H3;2-4H,1H3;1-2H,9H2,(H2,8,10);1H4/b;6-4+;;;;;/t20-;;;;;;/m0....../s1. The molecule has 11 aromatic heterocycles. The number of anilines is 2. The number of guanidine groups is 1. The number of ether oxygens (including phenoxy) is 1. The second-order valence-electron chi connectivity index (χ2n) is 20.4. The van der Waals surface area contributed by atoms with E-state index < -0.39 is 45.7 Å². The van der Waals surface area contributed by atoms with Gasteiger partial charge in [0.1, 0.15) is 56.4 Å². The lowest BCUT2D eigenvalue weighted by Crippen LogP contribution is -2.50. The first-order chi connectivity index (χ1) is 46.2. The number of nitriles is 1. The third-order valence-corrected chi connectivity index (χ3v) is 16.3. The van der Waals surface area contributed by atoms with E-state index in [9.17, 15) is 30.4 Å². The van der Waals surface area contributed by atoms with Crippen LogP contribution in [0.15, 0.2) is 134 Å². The number of benzene rings is 1. The summed E-state index contributed by atoms with van der Waals surface area (Å²) < 4.78 is 95.8. The molecule has 98 heavy (non-hydrogen) atoms. The number of rotatable bonds is 8. The SMILES string of the molecule is C.CN(C)/C=C/c1cnc2c(Cl)nccc2n1.CN1C(N)=N[C@](C)(c2cc(Cc3nccc4nc(C(F)F)cnc34)ccc2F)CS1(=O)=O.COc1cnc2c(Cl)nccc2n1.Cc1cnc2c(Cl)nccc2n1.FC(F)c1cnc2c(Cl)nccc2n1.N#Cc1nccc(N)c1N. The Morgan fingerprint density at radius 3 is 1.63 bits per heavy atom. The summed E-state index contributed by atoms with van der Waals surface area (Å²) in [6.45, 7) is 3.39. The summed E-state index contributed by atoms with van der Waals surface area (Å²) in [6, 6.07) is 15.9. The number of aliphatic imine (C=N–C) groups is 1. The van der Waals surface area contributed by atoms with Crippen LogP contribution < -0.4 is 21.9 Å². The molecular formula is C62H56Cl4F5N23O3S. The van der Waals surface area contributed by atoms with Gasteiger partial charge in [-0.15, -0.1) is 0 Å². The van der Waals surface area contributed by atoms with Gasteiger partial charge in [0.2, 0.25) is 21.9 Å². The Bertz CT molecular complexity index is 5070. The minimum absolute atomic E-state index is 0. The molecule has 12 aromatic rings. The van der Waals surface area contributed by atoms with Gasteiger partial charge in [0.05, 0.1) is 93.7 Å². The van der Waals surface area contributed by atoms with Crippen LogP contribution in [0.2, 0.25) is 20.6 Å². The molecule has 26 nitrogen and oxygen atoms in total. The quantitative estimate of drug-likeness (QED) is 0.0939. The maximum atomic E-state index is 14.8. The molecule has 13 rings (SSSR count). The van der Waals surface area contributed by atoms with Gasteiger partial charge in [0.15, 0.2) is 26.3 Å². The number of nitrogens with zero attached hydrogens (tertiary/aromatic N) is 20. The highest BCUT2D eigenvalue weighted by Gasteiger charge is 2.42. The van der Waals surface area contributed by atoms with Crippen molar-refractivity contribution in [3.8, 4) is 11.9 Å². The first-order valence-electron chi connectivity index (χ1n) is 27.8. The molecule has 506 valence electrons. The van der Waals surface area contributed by atoms with Gasteiger partial charge in [-0.3, -0.25) is 9.97 Å². The van der Waals surface area contributed by atoms with Crippen molar-refractivity contribution in [1.82, 2.24) is 88.9 Å². The van der Waals surface area contributed by atoms with Gasteiger partial charge in [-0.2, -0.15) is 5.26 Å². The maximum Gasteiger partial charge on any atom is 0.281 e. The second kappa shape index (κ2) is 33.3. The van der Waals surface area contributed by atoms with E-state index in [1.165, 1.54) is 69.1 Å². The van der Waals surface area contributed by atoms with E-state index in [4.69, 9.17) is 73.6 Å². The fourth-order valence-electron chi connectivity index (χ4n) is 8.47. The molecule has 0 saturated carbocycles. The van der Waals surface area contributed by atoms with Gasteiger partial charge >= 0.3 is 0 Å². The molecule has 1 aliphatic rings. The largest absolute Gasteiger partial charge is 0.480 e. The summed E-state index contributed by atoms with van der Waals surface area (Å²) in [5, 5.41) is 9.70. The van der Waals surface area contributed by atoms with Crippen LogP contribution in [0, 0.1) is 24.1 Å². The van der Waals surface area contributed by atoms with Crippen LogP contribution in [-0.2, 0) is 22.0 Å². The summed E-state index contributed by atoms with van der Waals surface area (Å²) >= 11 is 23.2. The van der Waals surface area contributed by atoms with Gasteiger partial charge in [0, 0.05) is 82.7 Å². The third-order valence-electron chi connectivity index (χ3n) is 13.2. The number of aromatic nitrogens is 16. The predicted octanol–water partition coefficient (Wildman–Crippen LogP) is 11.8. The Labute approximate surface area is 576 Å². The topological polar surface area (TPSA) is 370 Å². The molecule has 6 N–H and O–H groups in total.